The number of nitrogens with zero attached hydrogens (tertiary/aromatic N) is 2. The number of primary amides is 1. The zero-order valence-corrected chi connectivity index (χ0v) is 8.49. The van der Waals surface area contributed by atoms with Crippen molar-refractivity contribution < 1.29 is 4.79 Å². The molecule has 76 valence electrons. The maximum atomic E-state index is 10.6. The van der Waals surface area contributed by atoms with E-state index in [1.165, 1.54) is 11.5 Å². The highest BCUT2D eigenvalue weighted by Crippen LogP contribution is 2.22. The first-order valence-corrected chi connectivity index (χ1v) is 4.98. The summed E-state index contributed by atoms with van der Waals surface area (Å²) in [4.78, 5) is 14.7. The smallest absolute Gasteiger partial charge is 0.319 e. The average Bonchev–Trinajstić information content (AvgIpc) is 2.67. The Kier molecular flexibility index (Phi) is 2.59. The van der Waals surface area contributed by atoms with Crippen LogP contribution in [0.2, 0.25) is 0 Å². The Balaban J connectivity index is 2.24. The summed E-state index contributed by atoms with van der Waals surface area (Å²) in [7, 11) is 0. The SMILES string of the molecule is NC(=O)Nc1nsc(-c2ccccc2)n1. The molecule has 6 heteroatoms. The van der Waals surface area contributed by atoms with Crippen LogP contribution in [-0.2, 0) is 0 Å². The minimum Gasteiger partial charge on any atom is -0.351 e. The van der Waals surface area contributed by atoms with Crippen LogP contribution in [0, 0.1) is 0 Å². The summed E-state index contributed by atoms with van der Waals surface area (Å²) in [5, 5.41) is 3.07. The van der Waals surface area contributed by atoms with E-state index in [0.717, 1.165) is 10.6 Å². The van der Waals surface area contributed by atoms with Gasteiger partial charge in [-0.15, -0.1) is 0 Å². The number of amides is 2. The average molecular weight is 220 g/mol. The fraction of sp³-hybridized carbons (Fsp3) is 0. The molecule has 0 saturated carbocycles. The Morgan fingerprint density at radius 1 is 1.33 bits per heavy atom. The van der Waals surface area contributed by atoms with Crippen LogP contribution in [0.4, 0.5) is 10.7 Å². The third-order valence-corrected chi connectivity index (χ3v) is 2.45. The van der Waals surface area contributed by atoms with Gasteiger partial charge in [0.1, 0.15) is 5.01 Å². The van der Waals surface area contributed by atoms with Gasteiger partial charge in [0.15, 0.2) is 0 Å². The second-order valence-electron chi connectivity index (χ2n) is 2.78. The van der Waals surface area contributed by atoms with E-state index in [1.807, 2.05) is 30.3 Å². The van der Waals surface area contributed by atoms with Crippen molar-refractivity contribution in [3.8, 4) is 10.6 Å². The molecule has 0 radical (unpaired) electrons. The lowest BCUT2D eigenvalue weighted by Crippen LogP contribution is -2.19. The highest BCUT2D eigenvalue weighted by molar-refractivity contribution is 7.09. The molecular formula is C9H8N4OS. The molecule has 0 spiro atoms. The lowest BCUT2D eigenvalue weighted by atomic mass is 10.2. The molecule has 1 aromatic heterocycles. The van der Waals surface area contributed by atoms with Crippen LogP contribution < -0.4 is 11.1 Å². The van der Waals surface area contributed by atoms with E-state index < -0.39 is 6.03 Å². The number of anilines is 1. The maximum absolute atomic E-state index is 10.6. The van der Waals surface area contributed by atoms with Gasteiger partial charge < -0.3 is 5.73 Å². The first kappa shape index (κ1) is 9.60. The molecule has 0 aliphatic carbocycles. The van der Waals surface area contributed by atoms with E-state index in [4.69, 9.17) is 5.73 Å². The minimum atomic E-state index is -0.660. The Morgan fingerprint density at radius 2 is 2.07 bits per heavy atom. The molecular weight excluding hydrogens is 212 g/mol. The van der Waals surface area contributed by atoms with Crippen LogP contribution in [-0.4, -0.2) is 15.4 Å². The molecule has 0 aliphatic rings. The molecule has 1 aromatic carbocycles. The maximum Gasteiger partial charge on any atom is 0.319 e. The van der Waals surface area contributed by atoms with Gasteiger partial charge in [-0.25, -0.2) is 4.79 Å². The minimum absolute atomic E-state index is 0.242. The fourth-order valence-corrected chi connectivity index (χ4v) is 1.71. The first-order chi connectivity index (χ1) is 7.25. The lowest BCUT2D eigenvalue weighted by molar-refractivity contribution is 0.259. The number of aromatic nitrogens is 2. The number of urea groups is 1. The molecule has 5 nitrogen and oxygen atoms in total. The van der Waals surface area contributed by atoms with E-state index in [1.54, 1.807) is 0 Å². The van der Waals surface area contributed by atoms with Crippen LogP contribution in [0.15, 0.2) is 30.3 Å². The Hall–Kier alpha value is -1.95. The van der Waals surface area contributed by atoms with Crippen LogP contribution in [0.1, 0.15) is 0 Å². The normalized spacial score (nSPS) is 9.87. The molecule has 3 N–H and O–H groups in total. The number of benzene rings is 1. The highest BCUT2D eigenvalue weighted by Gasteiger charge is 2.06. The number of nitrogens with two attached hydrogens (primary N) is 1. The molecule has 15 heavy (non-hydrogen) atoms. The second-order valence-corrected chi connectivity index (χ2v) is 3.53. The second kappa shape index (κ2) is 4.05. The molecule has 2 aromatic rings. The van der Waals surface area contributed by atoms with Crippen molar-refractivity contribution in [2.45, 2.75) is 0 Å². The van der Waals surface area contributed by atoms with Crippen LogP contribution >= 0.6 is 11.5 Å². The van der Waals surface area contributed by atoms with Crippen LogP contribution in [0.5, 0.6) is 0 Å². The monoisotopic (exact) mass is 220 g/mol. The summed E-state index contributed by atoms with van der Waals surface area (Å²) in [5.74, 6) is 0.242. The summed E-state index contributed by atoms with van der Waals surface area (Å²) >= 11 is 1.21. The Labute approximate surface area is 90.1 Å². The summed E-state index contributed by atoms with van der Waals surface area (Å²) in [5.41, 5.74) is 5.91. The highest BCUT2D eigenvalue weighted by atomic mass is 32.1. The zero-order valence-electron chi connectivity index (χ0n) is 7.68. The molecule has 0 saturated heterocycles. The molecule has 0 atom stereocenters. The number of hydrogen-bond acceptors (Lipinski definition) is 4. The predicted octanol–water partition coefficient (Wildman–Crippen LogP) is 1.70. The largest absolute Gasteiger partial charge is 0.351 e. The summed E-state index contributed by atoms with van der Waals surface area (Å²) in [6.07, 6.45) is 0. The van der Waals surface area contributed by atoms with E-state index in [-0.39, 0.29) is 5.95 Å². The van der Waals surface area contributed by atoms with E-state index in [2.05, 4.69) is 14.7 Å². The van der Waals surface area contributed by atoms with Gasteiger partial charge in [-0.05, 0) is 11.5 Å². The van der Waals surface area contributed by atoms with Gasteiger partial charge in [-0.1, -0.05) is 30.3 Å². The number of rotatable bonds is 2. The van der Waals surface area contributed by atoms with Crippen molar-refractivity contribution in [2.24, 2.45) is 5.73 Å². The molecule has 0 bridgehead atoms. The quantitative estimate of drug-likeness (QED) is 0.808. The van der Waals surface area contributed by atoms with Gasteiger partial charge in [0, 0.05) is 5.56 Å². The molecule has 2 amide bonds. The molecule has 0 aliphatic heterocycles. The number of carbonyl (C=O) groups is 1. The predicted molar refractivity (Wildman–Crippen MR) is 58.6 cm³/mol. The van der Waals surface area contributed by atoms with Crippen molar-refractivity contribution in [3.05, 3.63) is 30.3 Å². The Bertz CT molecular complexity index is 468. The van der Waals surface area contributed by atoms with Gasteiger partial charge in [-0.2, -0.15) is 9.36 Å². The zero-order chi connectivity index (χ0) is 10.7. The summed E-state index contributed by atoms with van der Waals surface area (Å²) in [6, 6.07) is 8.94. The van der Waals surface area contributed by atoms with E-state index in [9.17, 15) is 4.79 Å². The molecule has 0 fully saturated rings. The van der Waals surface area contributed by atoms with Gasteiger partial charge >= 0.3 is 6.03 Å². The van der Waals surface area contributed by atoms with Crippen molar-refractivity contribution >= 4 is 23.5 Å². The summed E-state index contributed by atoms with van der Waals surface area (Å²) < 4.78 is 3.95. The van der Waals surface area contributed by atoms with E-state index in [0.29, 0.717) is 0 Å². The van der Waals surface area contributed by atoms with Gasteiger partial charge in [-0.3, -0.25) is 5.32 Å². The van der Waals surface area contributed by atoms with Crippen molar-refractivity contribution in [1.29, 1.82) is 0 Å². The lowest BCUT2D eigenvalue weighted by Gasteiger charge is -1.93. The van der Waals surface area contributed by atoms with Gasteiger partial charge in [0.25, 0.3) is 0 Å². The third kappa shape index (κ3) is 2.29. The standard InChI is InChI=1S/C9H8N4OS/c10-8(14)12-9-11-7(15-13-9)6-4-2-1-3-5-6/h1-5H,(H3,10,12,13,14). The van der Waals surface area contributed by atoms with Crippen LogP contribution in [0.3, 0.4) is 0 Å². The van der Waals surface area contributed by atoms with Crippen molar-refractivity contribution in [1.82, 2.24) is 9.36 Å². The Morgan fingerprint density at radius 3 is 2.73 bits per heavy atom. The van der Waals surface area contributed by atoms with Crippen molar-refractivity contribution in [3.63, 3.8) is 0 Å². The first-order valence-electron chi connectivity index (χ1n) is 4.21. The van der Waals surface area contributed by atoms with Crippen LogP contribution in [0.25, 0.3) is 10.6 Å². The number of carbonyl (C=O) groups excluding carboxylic acids is 1. The molecule has 0 unspecified atom stereocenters. The fourth-order valence-electron chi connectivity index (χ4n) is 1.08. The van der Waals surface area contributed by atoms with Crippen molar-refractivity contribution in [2.75, 3.05) is 5.32 Å². The summed E-state index contributed by atoms with van der Waals surface area (Å²) in [6.45, 7) is 0. The molecule has 2 rings (SSSR count). The van der Waals surface area contributed by atoms with Gasteiger partial charge in [0.2, 0.25) is 5.95 Å². The topological polar surface area (TPSA) is 80.9 Å². The van der Waals surface area contributed by atoms with E-state index >= 15 is 0 Å². The number of nitrogens with one attached hydrogen (secondary N) is 1. The van der Waals surface area contributed by atoms with Gasteiger partial charge in [0.05, 0.1) is 0 Å². The molecule has 1 heterocycles. The third-order valence-electron chi connectivity index (χ3n) is 1.68. The number of hydrogen-bond donors (Lipinski definition) is 2.